The second-order valence-electron chi connectivity index (χ2n) is 3.69. The predicted molar refractivity (Wildman–Crippen MR) is 58.8 cm³/mol. The van der Waals surface area contributed by atoms with Gasteiger partial charge in [-0.1, -0.05) is 0 Å². The van der Waals surface area contributed by atoms with Crippen LogP contribution < -0.4 is 0 Å². The Kier molecular flexibility index (Phi) is 2.74. The molecule has 0 amide bonds. The van der Waals surface area contributed by atoms with Gasteiger partial charge < -0.3 is 4.74 Å². The molecular formula is C11H10O5S. The zero-order valence-corrected chi connectivity index (χ0v) is 9.91. The first kappa shape index (κ1) is 11.8. The van der Waals surface area contributed by atoms with Gasteiger partial charge in [-0.15, -0.1) is 0 Å². The molecule has 0 aliphatic carbocycles. The van der Waals surface area contributed by atoms with Crippen molar-refractivity contribution in [3.8, 4) is 0 Å². The number of carbonyl (C=O) groups is 2. The van der Waals surface area contributed by atoms with Crippen LogP contribution in [0.1, 0.15) is 27.1 Å². The molecule has 0 fully saturated rings. The highest BCUT2D eigenvalue weighted by atomic mass is 32.2. The summed E-state index contributed by atoms with van der Waals surface area (Å²) in [5.41, 5.74) is 0.286. The first-order valence-electron chi connectivity index (χ1n) is 4.94. The molecule has 5 nitrogen and oxygen atoms in total. The number of carbonyl (C=O) groups excluding carboxylic acids is 2. The molecule has 17 heavy (non-hydrogen) atoms. The summed E-state index contributed by atoms with van der Waals surface area (Å²) in [6.45, 7) is 0. The Morgan fingerprint density at radius 3 is 2.71 bits per heavy atom. The van der Waals surface area contributed by atoms with E-state index in [1.54, 1.807) is 0 Å². The highest BCUT2D eigenvalue weighted by molar-refractivity contribution is 7.91. The minimum absolute atomic E-state index is 0.00704. The van der Waals surface area contributed by atoms with Gasteiger partial charge in [0.1, 0.15) is 0 Å². The van der Waals surface area contributed by atoms with Crippen LogP contribution in [0.25, 0.3) is 0 Å². The van der Waals surface area contributed by atoms with Crippen molar-refractivity contribution in [1.82, 2.24) is 0 Å². The number of hydrogen-bond acceptors (Lipinski definition) is 5. The van der Waals surface area contributed by atoms with E-state index < -0.39 is 15.8 Å². The highest BCUT2D eigenvalue weighted by Gasteiger charge is 2.29. The molecule has 0 radical (unpaired) electrons. The van der Waals surface area contributed by atoms with Crippen LogP contribution >= 0.6 is 0 Å². The van der Waals surface area contributed by atoms with E-state index >= 15 is 0 Å². The summed E-state index contributed by atoms with van der Waals surface area (Å²) < 4.78 is 28.1. The number of methoxy groups -OCH3 is 1. The molecule has 2 rings (SSSR count). The number of fused-ring (bicyclic) bond motifs is 1. The number of ketones is 1. The quantitative estimate of drug-likeness (QED) is 0.694. The maximum absolute atomic E-state index is 11.8. The average molecular weight is 254 g/mol. The van der Waals surface area contributed by atoms with Gasteiger partial charge in [-0.25, -0.2) is 13.2 Å². The summed E-state index contributed by atoms with van der Waals surface area (Å²) in [6.07, 6.45) is -0.00704. The Labute approximate surface area is 98.3 Å². The van der Waals surface area contributed by atoms with Gasteiger partial charge in [-0.05, 0) is 18.2 Å². The number of sulfone groups is 1. The van der Waals surface area contributed by atoms with Crippen LogP contribution in [0, 0.1) is 0 Å². The third kappa shape index (κ3) is 1.95. The van der Waals surface area contributed by atoms with Gasteiger partial charge in [0.05, 0.1) is 23.3 Å². The Bertz CT molecular complexity index is 600. The van der Waals surface area contributed by atoms with Crippen molar-refractivity contribution in [3.63, 3.8) is 0 Å². The number of Topliss-reactive ketones (excluding diaryl/α,β-unsaturated/α-hetero) is 1. The molecule has 0 aromatic heterocycles. The maximum Gasteiger partial charge on any atom is 0.337 e. The molecule has 1 aromatic rings. The largest absolute Gasteiger partial charge is 0.465 e. The minimum Gasteiger partial charge on any atom is -0.465 e. The summed E-state index contributed by atoms with van der Waals surface area (Å²) in [4.78, 5) is 22.8. The van der Waals surface area contributed by atoms with Gasteiger partial charge in [0.15, 0.2) is 15.6 Å². The lowest BCUT2D eigenvalue weighted by Gasteiger charge is -2.15. The summed E-state index contributed by atoms with van der Waals surface area (Å²) in [5, 5.41) is 0. The highest BCUT2D eigenvalue weighted by Crippen LogP contribution is 2.26. The molecule has 0 N–H and O–H groups in total. The topological polar surface area (TPSA) is 77.5 Å². The van der Waals surface area contributed by atoms with E-state index in [0.29, 0.717) is 0 Å². The zero-order chi connectivity index (χ0) is 12.6. The molecule has 6 heteroatoms. The first-order valence-corrected chi connectivity index (χ1v) is 6.59. The number of hydrogen-bond donors (Lipinski definition) is 0. The molecule has 90 valence electrons. The molecule has 1 aliphatic rings. The van der Waals surface area contributed by atoms with Gasteiger partial charge in [-0.3, -0.25) is 4.79 Å². The lowest BCUT2D eigenvalue weighted by Crippen LogP contribution is -2.22. The fourth-order valence-electron chi connectivity index (χ4n) is 1.73. The van der Waals surface area contributed by atoms with Crippen LogP contribution in [0.3, 0.4) is 0 Å². The third-order valence-corrected chi connectivity index (χ3v) is 4.39. The molecule has 1 aromatic carbocycles. The smallest absolute Gasteiger partial charge is 0.337 e. The molecule has 1 aliphatic heterocycles. The summed E-state index contributed by atoms with van der Waals surface area (Å²) in [7, 11) is -2.26. The van der Waals surface area contributed by atoms with Crippen molar-refractivity contribution in [1.29, 1.82) is 0 Å². The van der Waals surface area contributed by atoms with Gasteiger partial charge >= 0.3 is 5.97 Å². The van der Waals surface area contributed by atoms with Crippen LogP contribution in [-0.2, 0) is 14.6 Å². The van der Waals surface area contributed by atoms with Crippen molar-refractivity contribution in [3.05, 3.63) is 29.3 Å². The van der Waals surface area contributed by atoms with E-state index in [4.69, 9.17) is 0 Å². The van der Waals surface area contributed by atoms with Crippen molar-refractivity contribution in [2.24, 2.45) is 0 Å². The number of benzene rings is 1. The third-order valence-electron chi connectivity index (χ3n) is 2.64. The van der Waals surface area contributed by atoms with Crippen molar-refractivity contribution in [2.75, 3.05) is 12.9 Å². The number of rotatable bonds is 1. The fraction of sp³-hybridized carbons (Fsp3) is 0.273. The predicted octanol–water partition coefficient (Wildman–Crippen LogP) is 0.833. The van der Waals surface area contributed by atoms with E-state index in [9.17, 15) is 18.0 Å². The maximum atomic E-state index is 11.8. The van der Waals surface area contributed by atoms with E-state index in [2.05, 4.69) is 4.74 Å². The monoisotopic (exact) mass is 254 g/mol. The van der Waals surface area contributed by atoms with Crippen LogP contribution in [-0.4, -0.2) is 33.0 Å². The summed E-state index contributed by atoms with van der Waals surface area (Å²) >= 11 is 0. The standard InChI is InChI=1S/C11H10O5S/c1-16-11(13)7-2-3-8-9(12)4-5-17(14,15)10(8)6-7/h2-3,6H,4-5H2,1H3. The van der Waals surface area contributed by atoms with Gasteiger partial charge in [-0.2, -0.15) is 0 Å². The molecule has 1 heterocycles. The molecule has 0 saturated heterocycles. The number of esters is 1. The van der Waals surface area contributed by atoms with Crippen LogP contribution in [0.2, 0.25) is 0 Å². The van der Waals surface area contributed by atoms with Crippen molar-refractivity contribution in [2.45, 2.75) is 11.3 Å². The summed E-state index contributed by atoms with van der Waals surface area (Å²) in [5.74, 6) is -1.05. The van der Waals surface area contributed by atoms with Crippen LogP contribution in [0.5, 0.6) is 0 Å². The van der Waals surface area contributed by atoms with Gasteiger partial charge in [0, 0.05) is 12.0 Å². The van der Waals surface area contributed by atoms with E-state index in [1.807, 2.05) is 0 Å². The van der Waals surface area contributed by atoms with Crippen LogP contribution in [0.15, 0.2) is 23.1 Å². The Morgan fingerprint density at radius 1 is 1.35 bits per heavy atom. The van der Waals surface area contributed by atoms with Crippen molar-refractivity contribution >= 4 is 21.6 Å². The van der Waals surface area contributed by atoms with Gasteiger partial charge in [0.2, 0.25) is 0 Å². The molecular weight excluding hydrogens is 244 g/mol. The SMILES string of the molecule is COC(=O)c1ccc2c(c1)S(=O)(=O)CCC2=O. The second kappa shape index (κ2) is 3.96. The molecule has 0 saturated carbocycles. The second-order valence-corrected chi connectivity index (χ2v) is 5.77. The first-order chi connectivity index (χ1) is 7.95. The molecule has 0 atom stereocenters. The van der Waals surface area contributed by atoms with Crippen LogP contribution in [0.4, 0.5) is 0 Å². The lowest BCUT2D eigenvalue weighted by atomic mass is 10.1. The Morgan fingerprint density at radius 2 is 2.06 bits per heavy atom. The molecule has 0 spiro atoms. The molecule has 0 bridgehead atoms. The number of ether oxygens (including phenoxy) is 1. The normalized spacial score (nSPS) is 17.4. The minimum atomic E-state index is -3.47. The van der Waals surface area contributed by atoms with E-state index in [-0.39, 0.29) is 34.0 Å². The van der Waals surface area contributed by atoms with E-state index in [1.165, 1.54) is 25.3 Å². The Hall–Kier alpha value is -1.69. The summed E-state index contributed by atoms with van der Waals surface area (Å²) in [6, 6.07) is 3.96. The van der Waals surface area contributed by atoms with E-state index in [0.717, 1.165) is 0 Å². The Balaban J connectivity index is 2.64. The average Bonchev–Trinajstić information content (AvgIpc) is 2.33. The molecule has 0 unspecified atom stereocenters. The zero-order valence-electron chi connectivity index (χ0n) is 9.10. The fourth-order valence-corrected chi connectivity index (χ4v) is 3.22. The van der Waals surface area contributed by atoms with Crippen molar-refractivity contribution < 1.29 is 22.7 Å². The van der Waals surface area contributed by atoms with Gasteiger partial charge in [0.25, 0.3) is 0 Å². The lowest BCUT2D eigenvalue weighted by molar-refractivity contribution is 0.0600.